The molecule has 1 aromatic carbocycles. The fourth-order valence-corrected chi connectivity index (χ4v) is 2.36. The van der Waals surface area contributed by atoms with Gasteiger partial charge in [0.15, 0.2) is 0 Å². The van der Waals surface area contributed by atoms with Gasteiger partial charge in [-0.25, -0.2) is 5.84 Å². The van der Waals surface area contributed by atoms with Gasteiger partial charge in [0.25, 0.3) is 11.8 Å². The number of likely N-dealkylation sites (tertiary alicyclic amines) is 1. The molecule has 19 heavy (non-hydrogen) atoms. The maximum absolute atomic E-state index is 12.3. The number of rotatable bonds is 2. The minimum Gasteiger partial charge on any atom is -0.339 e. The number of nitrogens with one attached hydrogen (secondary N) is 1. The van der Waals surface area contributed by atoms with E-state index in [1.807, 2.05) is 11.8 Å². The fourth-order valence-electron chi connectivity index (χ4n) is 2.36. The summed E-state index contributed by atoms with van der Waals surface area (Å²) in [4.78, 5) is 25.8. The quantitative estimate of drug-likeness (QED) is 0.477. The average Bonchev–Trinajstić information content (AvgIpc) is 2.47. The molecule has 2 amide bonds. The second kappa shape index (κ2) is 5.84. The van der Waals surface area contributed by atoms with Gasteiger partial charge in [0, 0.05) is 24.2 Å². The van der Waals surface area contributed by atoms with Crippen molar-refractivity contribution in [3.8, 4) is 0 Å². The Kier molecular flexibility index (Phi) is 4.16. The highest BCUT2D eigenvalue weighted by Gasteiger charge is 2.19. The van der Waals surface area contributed by atoms with Crippen LogP contribution in [0.1, 0.15) is 45.5 Å². The minimum atomic E-state index is -0.370. The molecule has 102 valence electrons. The SMILES string of the molecule is Cc1ccc(C(=O)N2CCCCC2)cc1C(=O)NN. The highest BCUT2D eigenvalue weighted by atomic mass is 16.2. The number of nitrogens with two attached hydrogens (primary N) is 1. The Labute approximate surface area is 112 Å². The van der Waals surface area contributed by atoms with Crippen molar-refractivity contribution < 1.29 is 9.59 Å². The number of nitrogens with zero attached hydrogens (tertiary/aromatic N) is 1. The lowest BCUT2D eigenvalue weighted by Crippen LogP contribution is -2.36. The largest absolute Gasteiger partial charge is 0.339 e. The lowest BCUT2D eigenvalue weighted by atomic mass is 10.0. The highest BCUT2D eigenvalue weighted by molar-refractivity contribution is 6.00. The third-order valence-corrected chi connectivity index (χ3v) is 3.50. The standard InChI is InChI=1S/C14H19N3O2/c1-10-5-6-11(9-12(10)13(18)16-15)14(19)17-7-3-2-4-8-17/h5-6,9H,2-4,7-8,15H2,1H3,(H,16,18). The Morgan fingerprint density at radius 3 is 2.53 bits per heavy atom. The van der Waals surface area contributed by atoms with Gasteiger partial charge >= 0.3 is 0 Å². The zero-order valence-electron chi connectivity index (χ0n) is 11.1. The monoisotopic (exact) mass is 261 g/mol. The minimum absolute atomic E-state index is 0.00854. The summed E-state index contributed by atoms with van der Waals surface area (Å²) in [5.74, 6) is 4.77. The van der Waals surface area contributed by atoms with Crippen molar-refractivity contribution in [2.45, 2.75) is 26.2 Å². The van der Waals surface area contributed by atoms with Gasteiger partial charge in [-0.3, -0.25) is 15.0 Å². The van der Waals surface area contributed by atoms with Gasteiger partial charge in [0.05, 0.1) is 0 Å². The van der Waals surface area contributed by atoms with Crippen LogP contribution < -0.4 is 11.3 Å². The van der Waals surface area contributed by atoms with E-state index in [-0.39, 0.29) is 11.8 Å². The van der Waals surface area contributed by atoms with Crippen LogP contribution in [0.2, 0.25) is 0 Å². The first-order valence-corrected chi connectivity index (χ1v) is 6.54. The Balaban J connectivity index is 2.24. The van der Waals surface area contributed by atoms with Crippen LogP contribution in [0, 0.1) is 6.92 Å². The van der Waals surface area contributed by atoms with E-state index in [1.54, 1.807) is 18.2 Å². The van der Waals surface area contributed by atoms with E-state index in [9.17, 15) is 9.59 Å². The van der Waals surface area contributed by atoms with Gasteiger partial charge in [-0.15, -0.1) is 0 Å². The molecule has 5 heteroatoms. The molecule has 3 N–H and O–H groups in total. The molecule has 0 unspecified atom stereocenters. The number of carbonyl (C=O) groups excluding carboxylic acids is 2. The highest BCUT2D eigenvalue weighted by Crippen LogP contribution is 2.16. The van der Waals surface area contributed by atoms with Crippen LogP contribution in [0.15, 0.2) is 18.2 Å². The molecular formula is C14H19N3O2. The van der Waals surface area contributed by atoms with Gasteiger partial charge in [0.2, 0.25) is 0 Å². The van der Waals surface area contributed by atoms with Crippen molar-refractivity contribution in [1.29, 1.82) is 0 Å². The molecule has 0 spiro atoms. The van der Waals surface area contributed by atoms with Crippen LogP contribution in [-0.4, -0.2) is 29.8 Å². The first-order valence-electron chi connectivity index (χ1n) is 6.54. The van der Waals surface area contributed by atoms with E-state index in [2.05, 4.69) is 5.43 Å². The summed E-state index contributed by atoms with van der Waals surface area (Å²) in [5, 5.41) is 0. The van der Waals surface area contributed by atoms with Gasteiger partial charge in [-0.1, -0.05) is 6.07 Å². The molecule has 1 aromatic rings. The number of nitrogen functional groups attached to an aromatic ring is 1. The topological polar surface area (TPSA) is 75.4 Å². The molecule has 0 bridgehead atoms. The number of aryl methyl sites for hydroxylation is 1. The molecule has 1 fully saturated rings. The number of hydrogen-bond donors (Lipinski definition) is 2. The molecule has 0 saturated carbocycles. The van der Waals surface area contributed by atoms with E-state index in [1.165, 1.54) is 6.42 Å². The van der Waals surface area contributed by atoms with Crippen molar-refractivity contribution in [3.05, 3.63) is 34.9 Å². The molecule has 1 heterocycles. The van der Waals surface area contributed by atoms with E-state index >= 15 is 0 Å². The zero-order chi connectivity index (χ0) is 13.8. The molecule has 2 rings (SSSR count). The Hall–Kier alpha value is -1.88. The number of piperidine rings is 1. The number of carbonyl (C=O) groups is 2. The maximum atomic E-state index is 12.3. The van der Waals surface area contributed by atoms with Crippen molar-refractivity contribution in [2.75, 3.05) is 13.1 Å². The van der Waals surface area contributed by atoms with E-state index < -0.39 is 0 Å². The van der Waals surface area contributed by atoms with Crippen LogP contribution in [0.3, 0.4) is 0 Å². The summed E-state index contributed by atoms with van der Waals surface area (Å²) in [5.41, 5.74) is 3.90. The second-order valence-electron chi connectivity index (χ2n) is 4.86. The molecule has 1 aliphatic heterocycles. The third kappa shape index (κ3) is 2.93. The lowest BCUT2D eigenvalue weighted by Gasteiger charge is -2.27. The van der Waals surface area contributed by atoms with Gasteiger partial charge in [-0.05, 0) is 43.9 Å². The van der Waals surface area contributed by atoms with Crippen LogP contribution >= 0.6 is 0 Å². The van der Waals surface area contributed by atoms with Crippen LogP contribution in [0.4, 0.5) is 0 Å². The summed E-state index contributed by atoms with van der Waals surface area (Å²) in [6.07, 6.45) is 3.28. The molecule has 0 aliphatic carbocycles. The van der Waals surface area contributed by atoms with Crippen molar-refractivity contribution in [3.63, 3.8) is 0 Å². The summed E-state index contributed by atoms with van der Waals surface area (Å²) in [7, 11) is 0. The predicted octanol–water partition coefficient (Wildman–Crippen LogP) is 1.22. The van der Waals surface area contributed by atoms with E-state index in [0.29, 0.717) is 11.1 Å². The number of hydrazine groups is 1. The summed E-state index contributed by atoms with van der Waals surface area (Å²) < 4.78 is 0. The third-order valence-electron chi connectivity index (χ3n) is 3.50. The van der Waals surface area contributed by atoms with Crippen LogP contribution in [0.5, 0.6) is 0 Å². The molecular weight excluding hydrogens is 242 g/mol. The van der Waals surface area contributed by atoms with Crippen molar-refractivity contribution in [1.82, 2.24) is 10.3 Å². The maximum Gasteiger partial charge on any atom is 0.265 e. The summed E-state index contributed by atoms with van der Waals surface area (Å²) in [6.45, 7) is 3.41. The van der Waals surface area contributed by atoms with Gasteiger partial charge in [-0.2, -0.15) is 0 Å². The first-order chi connectivity index (χ1) is 9.13. The number of hydrogen-bond acceptors (Lipinski definition) is 3. The zero-order valence-corrected chi connectivity index (χ0v) is 11.1. The second-order valence-corrected chi connectivity index (χ2v) is 4.86. The number of amides is 2. The molecule has 0 radical (unpaired) electrons. The molecule has 5 nitrogen and oxygen atoms in total. The van der Waals surface area contributed by atoms with Crippen LogP contribution in [-0.2, 0) is 0 Å². The summed E-state index contributed by atoms with van der Waals surface area (Å²) >= 11 is 0. The van der Waals surface area contributed by atoms with Gasteiger partial charge < -0.3 is 4.90 Å². The van der Waals surface area contributed by atoms with E-state index in [4.69, 9.17) is 5.84 Å². The van der Waals surface area contributed by atoms with Gasteiger partial charge in [0.1, 0.15) is 0 Å². The van der Waals surface area contributed by atoms with Crippen molar-refractivity contribution in [2.24, 2.45) is 5.84 Å². The van der Waals surface area contributed by atoms with Crippen LogP contribution in [0.25, 0.3) is 0 Å². The Bertz CT molecular complexity index is 493. The average molecular weight is 261 g/mol. The lowest BCUT2D eigenvalue weighted by molar-refractivity contribution is 0.0724. The molecule has 1 aliphatic rings. The molecule has 0 atom stereocenters. The fraction of sp³-hybridized carbons (Fsp3) is 0.429. The normalized spacial score (nSPS) is 15.2. The molecule has 0 aromatic heterocycles. The van der Waals surface area contributed by atoms with E-state index in [0.717, 1.165) is 31.5 Å². The first kappa shape index (κ1) is 13.5. The molecule has 1 saturated heterocycles. The Morgan fingerprint density at radius 1 is 1.21 bits per heavy atom. The smallest absolute Gasteiger partial charge is 0.265 e. The van der Waals surface area contributed by atoms with Crippen molar-refractivity contribution >= 4 is 11.8 Å². The summed E-state index contributed by atoms with van der Waals surface area (Å²) in [6, 6.07) is 5.16. The predicted molar refractivity (Wildman–Crippen MR) is 72.6 cm³/mol. The Morgan fingerprint density at radius 2 is 1.89 bits per heavy atom. The number of benzene rings is 1.